The van der Waals surface area contributed by atoms with E-state index in [9.17, 15) is 9.59 Å². The predicted molar refractivity (Wildman–Crippen MR) is 70.8 cm³/mol. The molecule has 0 saturated carbocycles. The van der Waals surface area contributed by atoms with Crippen LogP contribution in [0.1, 0.15) is 28.4 Å². The van der Waals surface area contributed by atoms with Gasteiger partial charge in [0, 0.05) is 24.4 Å². The lowest BCUT2D eigenvalue weighted by Gasteiger charge is -2.11. The number of nitrogens with one attached hydrogen (secondary N) is 1. The molecule has 9 nitrogen and oxygen atoms in total. The largest absolute Gasteiger partial charge is 0.480 e. The Balaban J connectivity index is 2.27. The van der Waals surface area contributed by atoms with Gasteiger partial charge >= 0.3 is 5.97 Å². The summed E-state index contributed by atoms with van der Waals surface area (Å²) in [5, 5.41) is 24.0. The molecular weight excluding hydrogens is 278 g/mol. The van der Waals surface area contributed by atoms with Crippen molar-refractivity contribution in [3.63, 3.8) is 0 Å². The second-order valence-corrected chi connectivity index (χ2v) is 4.56. The summed E-state index contributed by atoms with van der Waals surface area (Å²) < 4.78 is 1.41. The molecule has 1 unspecified atom stereocenters. The zero-order chi connectivity index (χ0) is 15.6. The highest BCUT2D eigenvalue weighted by molar-refractivity contribution is 5.93. The van der Waals surface area contributed by atoms with Crippen LogP contribution in [0.2, 0.25) is 0 Å². The smallest absolute Gasteiger partial charge is 0.326 e. The SMILES string of the molecule is Cc1cc(C)n2nc(C(=O)NC(CCO)C(=O)O)nc2n1. The Morgan fingerprint density at radius 1 is 1.38 bits per heavy atom. The standard InChI is InChI=1S/C12H15N5O4/c1-6-5-7(2)17-12(13-6)15-9(16-17)10(19)14-8(3-4-18)11(20)21/h5,8,18H,3-4H2,1-2H3,(H,14,19)(H,20,21). The van der Waals surface area contributed by atoms with Crippen LogP contribution in [-0.4, -0.2) is 54.3 Å². The topological polar surface area (TPSA) is 130 Å². The molecule has 112 valence electrons. The highest BCUT2D eigenvalue weighted by atomic mass is 16.4. The number of carboxylic acids is 1. The first-order chi connectivity index (χ1) is 9.92. The van der Waals surface area contributed by atoms with E-state index in [0.717, 1.165) is 11.4 Å². The number of aliphatic carboxylic acids is 1. The maximum atomic E-state index is 12.0. The molecule has 2 aromatic rings. The first-order valence-electron chi connectivity index (χ1n) is 6.28. The van der Waals surface area contributed by atoms with E-state index in [2.05, 4.69) is 20.4 Å². The summed E-state index contributed by atoms with van der Waals surface area (Å²) in [6.45, 7) is 3.24. The van der Waals surface area contributed by atoms with E-state index < -0.39 is 17.9 Å². The molecule has 0 spiro atoms. The maximum Gasteiger partial charge on any atom is 0.326 e. The van der Waals surface area contributed by atoms with Crippen molar-refractivity contribution in [2.75, 3.05) is 6.61 Å². The van der Waals surface area contributed by atoms with Gasteiger partial charge in [0.05, 0.1) is 0 Å². The molecule has 0 aromatic carbocycles. The number of aliphatic hydroxyl groups is 1. The van der Waals surface area contributed by atoms with Crippen molar-refractivity contribution in [2.24, 2.45) is 0 Å². The van der Waals surface area contributed by atoms with Crippen LogP contribution in [0.15, 0.2) is 6.07 Å². The Kier molecular flexibility index (Phi) is 4.13. The zero-order valence-corrected chi connectivity index (χ0v) is 11.6. The average Bonchev–Trinajstić information content (AvgIpc) is 2.82. The molecule has 0 fully saturated rings. The summed E-state index contributed by atoms with van der Waals surface area (Å²) in [5.41, 5.74) is 1.50. The summed E-state index contributed by atoms with van der Waals surface area (Å²) in [5.74, 6) is -1.85. The lowest BCUT2D eigenvalue weighted by Crippen LogP contribution is -2.41. The van der Waals surface area contributed by atoms with Gasteiger partial charge in [0.1, 0.15) is 6.04 Å². The number of hydrogen-bond donors (Lipinski definition) is 3. The van der Waals surface area contributed by atoms with E-state index in [1.54, 1.807) is 19.9 Å². The third-order valence-electron chi connectivity index (χ3n) is 2.84. The number of aryl methyl sites for hydroxylation is 2. The highest BCUT2D eigenvalue weighted by Crippen LogP contribution is 2.05. The zero-order valence-electron chi connectivity index (χ0n) is 11.6. The van der Waals surface area contributed by atoms with Crippen LogP contribution >= 0.6 is 0 Å². The molecule has 2 rings (SSSR count). The van der Waals surface area contributed by atoms with Crippen molar-refractivity contribution in [3.05, 3.63) is 23.3 Å². The number of amides is 1. The molecule has 0 saturated heterocycles. The number of aliphatic hydroxyl groups excluding tert-OH is 1. The predicted octanol–water partition coefficient (Wildman–Crippen LogP) is -0.693. The lowest BCUT2D eigenvalue weighted by atomic mass is 10.2. The number of rotatable bonds is 5. The second-order valence-electron chi connectivity index (χ2n) is 4.56. The summed E-state index contributed by atoms with van der Waals surface area (Å²) in [6, 6.07) is 0.597. The number of carbonyl (C=O) groups is 2. The molecule has 0 radical (unpaired) electrons. The fourth-order valence-electron chi connectivity index (χ4n) is 1.87. The van der Waals surface area contributed by atoms with Crippen molar-refractivity contribution in [2.45, 2.75) is 26.3 Å². The van der Waals surface area contributed by atoms with Gasteiger partial charge in [-0.15, -0.1) is 5.10 Å². The third-order valence-corrected chi connectivity index (χ3v) is 2.84. The molecule has 0 aliphatic rings. The van der Waals surface area contributed by atoms with E-state index in [1.807, 2.05) is 0 Å². The normalized spacial score (nSPS) is 12.3. The average molecular weight is 293 g/mol. The van der Waals surface area contributed by atoms with Crippen molar-refractivity contribution < 1.29 is 19.8 Å². The van der Waals surface area contributed by atoms with Gasteiger partial charge in [0.15, 0.2) is 0 Å². The van der Waals surface area contributed by atoms with Gasteiger partial charge in [0.2, 0.25) is 5.82 Å². The summed E-state index contributed by atoms with van der Waals surface area (Å²) in [7, 11) is 0. The van der Waals surface area contributed by atoms with Gasteiger partial charge in [-0.05, 0) is 19.9 Å². The Morgan fingerprint density at radius 3 is 2.71 bits per heavy atom. The van der Waals surface area contributed by atoms with Gasteiger partial charge < -0.3 is 15.5 Å². The van der Waals surface area contributed by atoms with E-state index in [0.29, 0.717) is 0 Å². The van der Waals surface area contributed by atoms with Crippen LogP contribution < -0.4 is 5.32 Å². The molecule has 3 N–H and O–H groups in total. The Morgan fingerprint density at radius 2 is 2.10 bits per heavy atom. The molecule has 1 atom stereocenters. The number of carbonyl (C=O) groups excluding carboxylic acids is 1. The van der Waals surface area contributed by atoms with Crippen LogP contribution in [0, 0.1) is 13.8 Å². The molecule has 2 aromatic heterocycles. The van der Waals surface area contributed by atoms with Crippen LogP contribution in [0.3, 0.4) is 0 Å². The van der Waals surface area contributed by atoms with Crippen molar-refractivity contribution in [1.82, 2.24) is 24.9 Å². The molecule has 0 aliphatic heterocycles. The van der Waals surface area contributed by atoms with Crippen LogP contribution in [0.25, 0.3) is 5.78 Å². The van der Waals surface area contributed by atoms with Gasteiger partial charge in [0.25, 0.3) is 11.7 Å². The van der Waals surface area contributed by atoms with Crippen molar-refractivity contribution in [1.29, 1.82) is 0 Å². The first-order valence-corrected chi connectivity index (χ1v) is 6.28. The minimum Gasteiger partial charge on any atom is -0.480 e. The number of fused-ring (bicyclic) bond motifs is 1. The fourth-order valence-corrected chi connectivity index (χ4v) is 1.87. The maximum absolute atomic E-state index is 12.0. The Hall–Kier alpha value is -2.55. The van der Waals surface area contributed by atoms with Crippen molar-refractivity contribution >= 4 is 17.7 Å². The summed E-state index contributed by atoms with van der Waals surface area (Å²) in [6.07, 6.45) is -0.0924. The summed E-state index contributed by atoms with van der Waals surface area (Å²) >= 11 is 0. The minimum absolute atomic E-state index is 0.0924. The van der Waals surface area contributed by atoms with Crippen LogP contribution in [0.4, 0.5) is 0 Å². The molecule has 0 aliphatic carbocycles. The molecule has 2 heterocycles. The lowest BCUT2D eigenvalue weighted by molar-refractivity contribution is -0.139. The Labute approximate surface area is 119 Å². The number of carboxylic acid groups (broad SMARTS) is 1. The summed E-state index contributed by atoms with van der Waals surface area (Å²) in [4.78, 5) is 31.0. The molecule has 21 heavy (non-hydrogen) atoms. The molecule has 0 bridgehead atoms. The Bertz CT molecular complexity index is 696. The first kappa shape index (κ1) is 14.9. The molecule has 1 amide bonds. The van der Waals surface area contributed by atoms with Gasteiger partial charge in [-0.1, -0.05) is 0 Å². The van der Waals surface area contributed by atoms with Crippen molar-refractivity contribution in [3.8, 4) is 0 Å². The minimum atomic E-state index is -1.23. The number of aromatic nitrogens is 4. The van der Waals surface area contributed by atoms with Gasteiger partial charge in [-0.2, -0.15) is 4.98 Å². The third kappa shape index (κ3) is 3.14. The van der Waals surface area contributed by atoms with E-state index in [4.69, 9.17) is 10.2 Å². The van der Waals surface area contributed by atoms with Gasteiger partial charge in [-0.25, -0.2) is 14.3 Å². The van der Waals surface area contributed by atoms with Crippen LogP contribution in [0.5, 0.6) is 0 Å². The quantitative estimate of drug-likeness (QED) is 0.665. The monoisotopic (exact) mass is 293 g/mol. The molecular formula is C12H15N5O4. The number of hydrogen-bond acceptors (Lipinski definition) is 6. The van der Waals surface area contributed by atoms with Crippen LogP contribution in [-0.2, 0) is 4.79 Å². The van der Waals surface area contributed by atoms with E-state index >= 15 is 0 Å². The number of nitrogens with zero attached hydrogens (tertiary/aromatic N) is 4. The van der Waals surface area contributed by atoms with E-state index in [-0.39, 0.29) is 24.6 Å². The van der Waals surface area contributed by atoms with Gasteiger partial charge in [-0.3, -0.25) is 4.79 Å². The fraction of sp³-hybridized carbons (Fsp3) is 0.417. The highest BCUT2D eigenvalue weighted by Gasteiger charge is 2.23. The molecule has 9 heteroatoms. The van der Waals surface area contributed by atoms with E-state index in [1.165, 1.54) is 4.52 Å². The second kappa shape index (κ2) is 5.83.